The highest BCUT2D eigenvalue weighted by Crippen LogP contribution is 2.46. The number of rotatable bonds is 8. The van der Waals surface area contributed by atoms with Gasteiger partial charge >= 0.3 is 0 Å². The van der Waals surface area contributed by atoms with Crippen molar-refractivity contribution in [1.29, 1.82) is 0 Å². The number of nitrogens with one attached hydrogen (secondary N) is 1. The number of ether oxygens (including phenoxy) is 1. The van der Waals surface area contributed by atoms with Crippen LogP contribution in [0.15, 0.2) is 73.1 Å². The molecule has 3 heterocycles. The minimum atomic E-state index is -0.0778. The van der Waals surface area contributed by atoms with Crippen LogP contribution < -0.4 is 15.8 Å². The molecule has 0 saturated heterocycles. The summed E-state index contributed by atoms with van der Waals surface area (Å²) in [5.74, 6) is 2.06. The Balaban J connectivity index is 1.60. The summed E-state index contributed by atoms with van der Waals surface area (Å²) in [5.41, 5.74) is 11.2. The minimum absolute atomic E-state index is 0.0778. The minimum Gasteiger partial charge on any atom is -0.496 e. The van der Waals surface area contributed by atoms with Gasteiger partial charge in [-0.2, -0.15) is 0 Å². The largest absolute Gasteiger partial charge is 0.496 e. The number of fused-ring (bicyclic) bond motifs is 1. The fraction of sp³-hybridized carbons (Fsp3) is 0.179. The number of nitrogens with two attached hydrogens (primary N) is 1. The first-order valence-electron chi connectivity index (χ1n) is 11.6. The first kappa shape index (κ1) is 24.2. The van der Waals surface area contributed by atoms with Crippen molar-refractivity contribution in [1.82, 2.24) is 15.0 Å². The number of thiophene rings is 1. The lowest BCUT2D eigenvalue weighted by atomic mass is 10.0. The molecule has 0 bridgehead atoms. The van der Waals surface area contributed by atoms with Gasteiger partial charge in [0.15, 0.2) is 5.82 Å². The van der Waals surface area contributed by atoms with Crippen LogP contribution in [-0.4, -0.2) is 34.6 Å². The summed E-state index contributed by atoms with van der Waals surface area (Å²) >= 11 is 8.32. The predicted octanol–water partition coefficient (Wildman–Crippen LogP) is 6.37. The SMILES string of the molecule is COc1cccc(Cl)c1-c1c(C)sc2c(NCC(N)Cc3ccccc3)nc(-c3ccncc3)nc12. The quantitative estimate of drug-likeness (QED) is 0.249. The van der Waals surface area contributed by atoms with Crippen molar-refractivity contribution in [3.63, 3.8) is 0 Å². The zero-order valence-corrected chi connectivity index (χ0v) is 21.6. The molecule has 5 rings (SSSR count). The third-order valence-corrected chi connectivity index (χ3v) is 7.38. The van der Waals surface area contributed by atoms with Crippen LogP contribution in [0.4, 0.5) is 5.82 Å². The molecule has 0 fully saturated rings. The summed E-state index contributed by atoms with van der Waals surface area (Å²) in [5, 5.41) is 4.12. The van der Waals surface area contributed by atoms with Crippen LogP contribution in [0.1, 0.15) is 10.4 Å². The molecule has 0 aliphatic carbocycles. The van der Waals surface area contributed by atoms with Gasteiger partial charge in [0, 0.05) is 46.5 Å². The van der Waals surface area contributed by atoms with Crippen LogP contribution in [0.3, 0.4) is 0 Å². The highest BCUT2D eigenvalue weighted by molar-refractivity contribution is 7.20. The molecular weight excluding hydrogens is 490 g/mol. The van der Waals surface area contributed by atoms with Gasteiger partial charge in [-0.15, -0.1) is 11.3 Å². The summed E-state index contributed by atoms with van der Waals surface area (Å²) in [7, 11) is 1.65. The first-order chi connectivity index (χ1) is 17.5. The van der Waals surface area contributed by atoms with Gasteiger partial charge in [-0.05, 0) is 43.2 Å². The topological polar surface area (TPSA) is 86.0 Å². The van der Waals surface area contributed by atoms with E-state index in [1.54, 1.807) is 30.8 Å². The fourth-order valence-corrected chi connectivity index (χ4v) is 5.59. The molecule has 0 aliphatic heterocycles. The van der Waals surface area contributed by atoms with E-state index in [9.17, 15) is 0 Å². The third kappa shape index (κ3) is 4.91. The van der Waals surface area contributed by atoms with Crippen molar-refractivity contribution >= 4 is 39.0 Å². The number of pyridine rings is 1. The average molecular weight is 516 g/mol. The number of methoxy groups -OCH3 is 1. The van der Waals surface area contributed by atoms with E-state index in [1.165, 1.54) is 5.56 Å². The van der Waals surface area contributed by atoms with E-state index in [1.807, 2.05) is 48.5 Å². The van der Waals surface area contributed by atoms with E-state index in [4.69, 9.17) is 32.0 Å². The van der Waals surface area contributed by atoms with Crippen molar-refractivity contribution in [2.45, 2.75) is 19.4 Å². The Morgan fingerprint density at radius 3 is 2.53 bits per heavy atom. The number of aromatic nitrogens is 3. The highest BCUT2D eigenvalue weighted by Gasteiger charge is 2.23. The molecule has 2 aromatic carbocycles. The lowest BCUT2D eigenvalue weighted by Gasteiger charge is -2.15. The van der Waals surface area contributed by atoms with Gasteiger partial charge in [0.05, 0.1) is 22.3 Å². The van der Waals surface area contributed by atoms with Gasteiger partial charge in [-0.25, -0.2) is 9.97 Å². The zero-order chi connectivity index (χ0) is 25.1. The number of nitrogens with zero attached hydrogens (tertiary/aromatic N) is 3. The molecule has 6 nitrogen and oxygen atoms in total. The van der Waals surface area contributed by atoms with Gasteiger partial charge in [0.2, 0.25) is 0 Å². The van der Waals surface area contributed by atoms with Crippen molar-refractivity contribution in [3.05, 3.63) is 88.5 Å². The molecule has 0 spiro atoms. The molecule has 0 radical (unpaired) electrons. The van der Waals surface area contributed by atoms with Crippen LogP contribution >= 0.6 is 22.9 Å². The monoisotopic (exact) mass is 515 g/mol. The highest BCUT2D eigenvalue weighted by atomic mass is 35.5. The van der Waals surface area contributed by atoms with Gasteiger partial charge in [0.1, 0.15) is 11.6 Å². The van der Waals surface area contributed by atoms with Crippen LogP contribution in [0.2, 0.25) is 5.02 Å². The van der Waals surface area contributed by atoms with Gasteiger partial charge in [0.25, 0.3) is 0 Å². The Hall–Kier alpha value is -3.52. The Labute approximate surface area is 219 Å². The molecule has 8 heteroatoms. The van der Waals surface area contributed by atoms with Crippen LogP contribution in [-0.2, 0) is 6.42 Å². The predicted molar refractivity (Wildman–Crippen MR) is 149 cm³/mol. The van der Waals surface area contributed by atoms with Crippen LogP contribution in [0, 0.1) is 6.92 Å². The van der Waals surface area contributed by atoms with Crippen molar-refractivity contribution in [3.8, 4) is 28.3 Å². The Bertz CT molecular complexity index is 1490. The van der Waals surface area contributed by atoms with E-state index in [-0.39, 0.29) is 6.04 Å². The van der Waals surface area contributed by atoms with E-state index < -0.39 is 0 Å². The van der Waals surface area contributed by atoms with Crippen LogP contribution in [0.5, 0.6) is 5.75 Å². The Kier molecular flexibility index (Phi) is 7.13. The third-order valence-electron chi connectivity index (χ3n) is 5.97. The van der Waals surface area contributed by atoms with Crippen molar-refractivity contribution in [2.24, 2.45) is 5.73 Å². The number of hydrogen-bond acceptors (Lipinski definition) is 7. The second-order valence-corrected chi connectivity index (χ2v) is 10.1. The molecule has 3 N–H and O–H groups in total. The Morgan fingerprint density at radius 2 is 1.78 bits per heavy atom. The summed E-state index contributed by atoms with van der Waals surface area (Å²) in [6.45, 7) is 2.64. The maximum Gasteiger partial charge on any atom is 0.162 e. The van der Waals surface area contributed by atoms with E-state index in [2.05, 4.69) is 29.4 Å². The number of halogens is 1. The maximum absolute atomic E-state index is 6.69. The number of benzene rings is 2. The van der Waals surface area contributed by atoms with E-state index in [0.29, 0.717) is 23.1 Å². The standard InChI is InChI=1S/C28H26ClN5OS/c1-17-23(24-21(29)9-6-10-22(24)35-2)25-26(36-17)28(34-27(33-25)19-11-13-31-14-12-19)32-16-20(30)15-18-7-4-3-5-8-18/h3-14,20H,15-16,30H2,1-2H3,(H,32,33,34). The second-order valence-electron chi connectivity index (χ2n) is 8.49. The summed E-state index contributed by atoms with van der Waals surface area (Å²) in [4.78, 5) is 15.1. The Morgan fingerprint density at radius 1 is 1.00 bits per heavy atom. The van der Waals surface area contributed by atoms with E-state index in [0.717, 1.165) is 44.0 Å². The van der Waals surface area contributed by atoms with Crippen LogP contribution in [0.25, 0.3) is 32.7 Å². The molecule has 0 amide bonds. The molecule has 0 aliphatic rings. The molecule has 1 atom stereocenters. The summed E-state index contributed by atoms with van der Waals surface area (Å²) < 4.78 is 6.62. The molecule has 3 aromatic heterocycles. The molecule has 1 unspecified atom stereocenters. The molecule has 182 valence electrons. The molecule has 36 heavy (non-hydrogen) atoms. The number of anilines is 1. The second kappa shape index (κ2) is 10.6. The average Bonchev–Trinajstić information content (AvgIpc) is 3.23. The van der Waals surface area contributed by atoms with Gasteiger partial charge in [-0.3, -0.25) is 4.98 Å². The normalized spacial score (nSPS) is 12.0. The van der Waals surface area contributed by atoms with E-state index >= 15 is 0 Å². The smallest absolute Gasteiger partial charge is 0.162 e. The van der Waals surface area contributed by atoms with Crippen molar-refractivity contribution in [2.75, 3.05) is 19.0 Å². The first-order valence-corrected chi connectivity index (χ1v) is 12.8. The fourth-order valence-electron chi connectivity index (χ4n) is 4.27. The number of aryl methyl sites for hydroxylation is 1. The lowest BCUT2D eigenvalue weighted by molar-refractivity contribution is 0.416. The molecule has 0 saturated carbocycles. The van der Waals surface area contributed by atoms with Gasteiger partial charge < -0.3 is 15.8 Å². The summed E-state index contributed by atoms with van der Waals surface area (Å²) in [6.07, 6.45) is 4.25. The maximum atomic E-state index is 6.69. The van der Waals surface area contributed by atoms with Crippen molar-refractivity contribution < 1.29 is 4.74 Å². The molecule has 5 aromatic rings. The lowest BCUT2D eigenvalue weighted by Crippen LogP contribution is -2.31. The molecular formula is C28H26ClN5OS. The number of hydrogen-bond donors (Lipinski definition) is 2. The zero-order valence-electron chi connectivity index (χ0n) is 20.0. The summed E-state index contributed by atoms with van der Waals surface area (Å²) in [6, 6.07) is 19.7. The van der Waals surface area contributed by atoms with Gasteiger partial charge in [-0.1, -0.05) is 48.0 Å².